The van der Waals surface area contributed by atoms with Crippen molar-refractivity contribution < 1.29 is 9.53 Å². The van der Waals surface area contributed by atoms with Crippen molar-refractivity contribution in [3.05, 3.63) is 72.1 Å². The molecular formula is C21H18N4O2S2. The molecule has 0 fully saturated rings. The average molecular weight is 423 g/mol. The molecule has 1 amide bonds. The van der Waals surface area contributed by atoms with Crippen molar-refractivity contribution in [2.45, 2.75) is 5.16 Å². The van der Waals surface area contributed by atoms with E-state index in [0.717, 1.165) is 22.1 Å². The zero-order valence-electron chi connectivity index (χ0n) is 15.6. The van der Waals surface area contributed by atoms with Crippen molar-refractivity contribution in [2.24, 2.45) is 0 Å². The Morgan fingerprint density at radius 2 is 1.86 bits per heavy atom. The number of ether oxygens (including phenoxy) is 1. The molecule has 146 valence electrons. The molecule has 0 aliphatic rings. The van der Waals surface area contributed by atoms with Gasteiger partial charge in [0, 0.05) is 5.69 Å². The Morgan fingerprint density at radius 3 is 2.62 bits per heavy atom. The largest absolute Gasteiger partial charge is 0.495 e. The number of carbonyl (C=O) groups is 1. The maximum Gasteiger partial charge on any atom is 0.234 e. The number of hydrogen-bond donors (Lipinski definition) is 1. The van der Waals surface area contributed by atoms with Crippen molar-refractivity contribution in [3.63, 3.8) is 0 Å². The van der Waals surface area contributed by atoms with E-state index in [-0.39, 0.29) is 11.7 Å². The summed E-state index contributed by atoms with van der Waals surface area (Å²) in [6.07, 6.45) is 0. The van der Waals surface area contributed by atoms with Crippen molar-refractivity contribution in [1.82, 2.24) is 14.8 Å². The molecule has 0 atom stereocenters. The van der Waals surface area contributed by atoms with Crippen LogP contribution in [0.1, 0.15) is 0 Å². The summed E-state index contributed by atoms with van der Waals surface area (Å²) >= 11 is 2.92. The first-order valence-electron chi connectivity index (χ1n) is 8.86. The van der Waals surface area contributed by atoms with E-state index >= 15 is 0 Å². The van der Waals surface area contributed by atoms with Gasteiger partial charge in [0.1, 0.15) is 5.75 Å². The zero-order chi connectivity index (χ0) is 20.1. The number of thiophene rings is 1. The Kier molecular flexibility index (Phi) is 5.92. The van der Waals surface area contributed by atoms with Crippen LogP contribution >= 0.6 is 23.1 Å². The molecule has 0 bridgehead atoms. The van der Waals surface area contributed by atoms with Crippen LogP contribution in [0.25, 0.3) is 16.4 Å². The first kappa shape index (κ1) is 19.2. The molecule has 2 aromatic carbocycles. The molecule has 4 aromatic rings. The lowest BCUT2D eigenvalue weighted by atomic mass is 10.3. The number of para-hydroxylation sites is 3. The van der Waals surface area contributed by atoms with E-state index in [2.05, 4.69) is 15.5 Å². The Balaban J connectivity index is 1.63. The van der Waals surface area contributed by atoms with E-state index in [1.165, 1.54) is 11.8 Å². The van der Waals surface area contributed by atoms with Crippen LogP contribution in [0.3, 0.4) is 0 Å². The van der Waals surface area contributed by atoms with E-state index in [1.807, 2.05) is 76.7 Å². The van der Waals surface area contributed by atoms with E-state index in [1.54, 1.807) is 18.4 Å². The fourth-order valence-corrected chi connectivity index (χ4v) is 4.25. The topological polar surface area (TPSA) is 69.0 Å². The standard InChI is InChI=1S/C21H18N4O2S2/c1-27-17-11-6-5-10-16(17)25-20(18-12-7-13-28-18)23-24-21(25)29-14-19(26)22-15-8-3-2-4-9-15/h2-13H,14H2,1H3,(H,22,26). The second kappa shape index (κ2) is 8.93. The van der Waals surface area contributed by atoms with Crippen LogP contribution in [-0.4, -0.2) is 33.5 Å². The summed E-state index contributed by atoms with van der Waals surface area (Å²) in [6.45, 7) is 0. The number of carbonyl (C=O) groups excluding carboxylic acids is 1. The normalized spacial score (nSPS) is 10.7. The SMILES string of the molecule is COc1ccccc1-n1c(SCC(=O)Nc2ccccc2)nnc1-c1cccs1. The van der Waals surface area contributed by atoms with Crippen LogP contribution in [0, 0.1) is 0 Å². The molecular weight excluding hydrogens is 404 g/mol. The molecule has 0 aliphatic heterocycles. The smallest absolute Gasteiger partial charge is 0.234 e. The van der Waals surface area contributed by atoms with Crippen LogP contribution in [0.15, 0.2) is 77.3 Å². The number of thioether (sulfide) groups is 1. The molecule has 0 aliphatic carbocycles. The maximum atomic E-state index is 12.4. The minimum atomic E-state index is -0.103. The van der Waals surface area contributed by atoms with Crippen molar-refractivity contribution in [3.8, 4) is 22.1 Å². The third kappa shape index (κ3) is 4.33. The Bertz CT molecular complexity index is 1100. The molecule has 4 rings (SSSR count). The number of aromatic nitrogens is 3. The maximum absolute atomic E-state index is 12.4. The van der Waals surface area contributed by atoms with Gasteiger partial charge >= 0.3 is 0 Å². The van der Waals surface area contributed by atoms with Crippen LogP contribution in [-0.2, 0) is 4.79 Å². The zero-order valence-corrected chi connectivity index (χ0v) is 17.2. The number of methoxy groups -OCH3 is 1. The van der Waals surface area contributed by atoms with E-state index in [0.29, 0.717) is 10.9 Å². The number of anilines is 1. The highest BCUT2D eigenvalue weighted by atomic mass is 32.2. The molecule has 2 heterocycles. The number of rotatable bonds is 7. The molecule has 8 heteroatoms. The lowest BCUT2D eigenvalue weighted by Gasteiger charge is -2.13. The molecule has 0 saturated carbocycles. The van der Waals surface area contributed by atoms with Gasteiger partial charge in [-0.1, -0.05) is 48.2 Å². The fraction of sp³-hybridized carbons (Fsp3) is 0.0952. The molecule has 1 N–H and O–H groups in total. The van der Waals surface area contributed by atoms with E-state index in [4.69, 9.17) is 4.74 Å². The number of hydrogen-bond acceptors (Lipinski definition) is 6. The van der Waals surface area contributed by atoms with Gasteiger partial charge < -0.3 is 10.1 Å². The lowest BCUT2D eigenvalue weighted by Crippen LogP contribution is -2.14. The number of nitrogens with one attached hydrogen (secondary N) is 1. The second-order valence-electron chi connectivity index (χ2n) is 5.99. The van der Waals surface area contributed by atoms with Gasteiger partial charge in [-0.3, -0.25) is 9.36 Å². The fourth-order valence-electron chi connectivity index (χ4n) is 2.81. The highest BCUT2D eigenvalue weighted by molar-refractivity contribution is 7.99. The Hall–Kier alpha value is -3.10. The lowest BCUT2D eigenvalue weighted by molar-refractivity contribution is -0.113. The minimum absolute atomic E-state index is 0.103. The monoisotopic (exact) mass is 422 g/mol. The van der Waals surface area contributed by atoms with Crippen molar-refractivity contribution in [2.75, 3.05) is 18.2 Å². The summed E-state index contributed by atoms with van der Waals surface area (Å²) in [5.74, 6) is 1.54. The van der Waals surface area contributed by atoms with Crippen LogP contribution in [0.4, 0.5) is 5.69 Å². The molecule has 6 nitrogen and oxygen atoms in total. The van der Waals surface area contributed by atoms with Crippen LogP contribution in [0.5, 0.6) is 5.75 Å². The van der Waals surface area contributed by atoms with Crippen LogP contribution in [0.2, 0.25) is 0 Å². The summed E-state index contributed by atoms with van der Waals surface area (Å²) < 4.78 is 7.48. The molecule has 29 heavy (non-hydrogen) atoms. The Labute approximate surface area is 176 Å². The predicted octanol–water partition coefficient (Wildman–Crippen LogP) is 4.74. The first-order chi connectivity index (χ1) is 14.3. The first-order valence-corrected chi connectivity index (χ1v) is 10.7. The minimum Gasteiger partial charge on any atom is -0.495 e. The highest BCUT2D eigenvalue weighted by Crippen LogP contribution is 2.34. The number of amides is 1. The third-order valence-corrected chi connectivity index (χ3v) is 5.89. The van der Waals surface area contributed by atoms with E-state index < -0.39 is 0 Å². The number of nitrogens with zero attached hydrogens (tertiary/aromatic N) is 3. The quantitative estimate of drug-likeness (QED) is 0.436. The van der Waals surface area contributed by atoms with Crippen LogP contribution < -0.4 is 10.1 Å². The molecule has 2 aromatic heterocycles. The predicted molar refractivity (Wildman–Crippen MR) is 117 cm³/mol. The van der Waals surface area contributed by atoms with Gasteiger partial charge in [-0.25, -0.2) is 0 Å². The summed E-state index contributed by atoms with van der Waals surface area (Å²) in [6, 6.07) is 21.1. The molecule has 0 saturated heterocycles. The second-order valence-corrected chi connectivity index (χ2v) is 7.88. The summed E-state index contributed by atoms with van der Waals surface area (Å²) in [5, 5.41) is 14.2. The third-order valence-electron chi connectivity index (χ3n) is 4.09. The summed E-state index contributed by atoms with van der Waals surface area (Å²) in [7, 11) is 1.63. The van der Waals surface area contributed by atoms with Crippen molar-refractivity contribution in [1.29, 1.82) is 0 Å². The molecule has 0 unspecified atom stereocenters. The average Bonchev–Trinajstić information content (AvgIpc) is 3.42. The van der Waals surface area contributed by atoms with Gasteiger partial charge in [-0.15, -0.1) is 21.5 Å². The Morgan fingerprint density at radius 1 is 1.07 bits per heavy atom. The van der Waals surface area contributed by atoms with Gasteiger partial charge in [0.25, 0.3) is 0 Å². The van der Waals surface area contributed by atoms with Gasteiger partial charge in [0.15, 0.2) is 11.0 Å². The van der Waals surface area contributed by atoms with Gasteiger partial charge in [-0.05, 0) is 35.7 Å². The molecule has 0 radical (unpaired) electrons. The number of benzene rings is 2. The van der Waals surface area contributed by atoms with Gasteiger partial charge in [0.2, 0.25) is 5.91 Å². The van der Waals surface area contributed by atoms with Crippen molar-refractivity contribution >= 4 is 34.7 Å². The van der Waals surface area contributed by atoms with Gasteiger partial charge in [-0.2, -0.15) is 0 Å². The summed E-state index contributed by atoms with van der Waals surface area (Å²) in [4.78, 5) is 13.4. The van der Waals surface area contributed by atoms with E-state index in [9.17, 15) is 4.79 Å². The van der Waals surface area contributed by atoms with Gasteiger partial charge in [0.05, 0.1) is 23.4 Å². The summed E-state index contributed by atoms with van der Waals surface area (Å²) in [5.41, 5.74) is 1.60. The molecule has 0 spiro atoms. The highest BCUT2D eigenvalue weighted by Gasteiger charge is 2.20.